The first-order chi connectivity index (χ1) is 6.36. The molecule has 0 aromatic carbocycles. The highest BCUT2D eigenvalue weighted by atomic mass is 15.3. The van der Waals surface area contributed by atoms with E-state index in [2.05, 4.69) is 20.6 Å². The first-order valence-electron chi connectivity index (χ1n) is 4.06. The Labute approximate surface area is 75.8 Å². The van der Waals surface area contributed by atoms with Crippen LogP contribution in [0.1, 0.15) is 5.69 Å². The van der Waals surface area contributed by atoms with E-state index >= 15 is 0 Å². The number of aryl methyl sites for hydroxylation is 1. The summed E-state index contributed by atoms with van der Waals surface area (Å²) in [4.78, 5) is 0. The monoisotopic (exact) mass is 177 g/mol. The Kier molecular flexibility index (Phi) is 1.99. The van der Waals surface area contributed by atoms with Crippen LogP contribution in [0.2, 0.25) is 0 Å². The zero-order valence-electron chi connectivity index (χ0n) is 7.36. The maximum Gasteiger partial charge on any atom is 0.124 e. The number of aromatic nitrogens is 4. The maximum atomic E-state index is 4.04. The molecule has 0 aliphatic rings. The molecule has 2 aromatic rings. The number of aromatic amines is 1. The van der Waals surface area contributed by atoms with Gasteiger partial charge in [-0.05, 0) is 6.07 Å². The van der Waals surface area contributed by atoms with E-state index in [0.29, 0.717) is 0 Å². The number of nitrogens with zero attached hydrogens (tertiary/aromatic N) is 3. The van der Waals surface area contributed by atoms with Crippen molar-refractivity contribution in [3.8, 4) is 0 Å². The lowest BCUT2D eigenvalue weighted by Crippen LogP contribution is -2.04. The van der Waals surface area contributed by atoms with Crippen molar-refractivity contribution < 1.29 is 0 Å². The second kappa shape index (κ2) is 3.30. The van der Waals surface area contributed by atoms with Gasteiger partial charge in [0.25, 0.3) is 0 Å². The number of anilines is 1. The Bertz CT molecular complexity index is 362. The molecule has 0 spiro atoms. The summed E-state index contributed by atoms with van der Waals surface area (Å²) >= 11 is 0. The Balaban J connectivity index is 1.97. The lowest BCUT2D eigenvalue weighted by Gasteiger charge is -2.03. The van der Waals surface area contributed by atoms with Crippen LogP contribution >= 0.6 is 0 Å². The largest absolute Gasteiger partial charge is 0.365 e. The first-order valence-corrected chi connectivity index (χ1v) is 4.06. The zero-order valence-corrected chi connectivity index (χ0v) is 7.36. The summed E-state index contributed by atoms with van der Waals surface area (Å²) in [6.45, 7) is 0.736. The van der Waals surface area contributed by atoms with Gasteiger partial charge in [-0.2, -0.15) is 10.2 Å². The minimum atomic E-state index is 0.736. The summed E-state index contributed by atoms with van der Waals surface area (Å²) in [7, 11) is 1.90. The highest BCUT2D eigenvalue weighted by Gasteiger charge is 1.97. The molecule has 2 N–H and O–H groups in total. The zero-order chi connectivity index (χ0) is 9.10. The first kappa shape index (κ1) is 7.85. The number of H-pyrrole nitrogens is 1. The second-order valence-electron chi connectivity index (χ2n) is 2.78. The van der Waals surface area contributed by atoms with Crippen molar-refractivity contribution in [2.24, 2.45) is 7.05 Å². The van der Waals surface area contributed by atoms with Crippen LogP contribution in [-0.4, -0.2) is 20.0 Å². The Hall–Kier alpha value is -1.78. The van der Waals surface area contributed by atoms with Crippen LogP contribution in [0, 0.1) is 0 Å². The van der Waals surface area contributed by atoms with Gasteiger partial charge in [-0.25, -0.2) is 0 Å². The van der Waals surface area contributed by atoms with E-state index in [1.807, 2.05) is 19.2 Å². The predicted octanol–water partition coefficient (Wildman–Crippen LogP) is 0.755. The predicted molar refractivity (Wildman–Crippen MR) is 49.1 cm³/mol. The molecule has 0 amide bonds. The van der Waals surface area contributed by atoms with Crippen LogP contribution < -0.4 is 5.32 Å². The van der Waals surface area contributed by atoms with Gasteiger partial charge in [-0.15, -0.1) is 0 Å². The molecule has 5 nitrogen and oxygen atoms in total. The van der Waals surface area contributed by atoms with E-state index in [0.717, 1.165) is 18.1 Å². The van der Waals surface area contributed by atoms with E-state index in [1.54, 1.807) is 17.1 Å². The minimum absolute atomic E-state index is 0.736. The molecule has 0 aliphatic heterocycles. The Morgan fingerprint density at radius 3 is 3.00 bits per heavy atom. The van der Waals surface area contributed by atoms with Crippen molar-refractivity contribution in [3.05, 3.63) is 30.2 Å². The summed E-state index contributed by atoms with van der Waals surface area (Å²) < 4.78 is 1.79. The molecule has 0 saturated heterocycles. The van der Waals surface area contributed by atoms with Crippen molar-refractivity contribution >= 4 is 5.82 Å². The van der Waals surface area contributed by atoms with Gasteiger partial charge in [0.05, 0.1) is 18.4 Å². The number of hydrogen-bond donors (Lipinski definition) is 2. The van der Waals surface area contributed by atoms with Gasteiger partial charge < -0.3 is 5.32 Å². The normalized spacial score (nSPS) is 10.2. The highest BCUT2D eigenvalue weighted by molar-refractivity contribution is 5.33. The molecule has 2 rings (SSSR count). The summed E-state index contributed by atoms with van der Waals surface area (Å²) in [5, 5.41) is 14.0. The topological polar surface area (TPSA) is 58.5 Å². The third kappa shape index (κ3) is 1.69. The molecule has 13 heavy (non-hydrogen) atoms. The SMILES string of the molecule is Cn1nccc1NCc1ccn[nH]1. The van der Waals surface area contributed by atoms with Gasteiger partial charge in [0.1, 0.15) is 5.82 Å². The van der Waals surface area contributed by atoms with Crippen LogP contribution in [0.25, 0.3) is 0 Å². The molecule has 0 aliphatic carbocycles. The van der Waals surface area contributed by atoms with Crippen LogP contribution in [-0.2, 0) is 13.6 Å². The lowest BCUT2D eigenvalue weighted by atomic mass is 10.4. The van der Waals surface area contributed by atoms with Crippen LogP contribution in [0.15, 0.2) is 24.5 Å². The van der Waals surface area contributed by atoms with Gasteiger partial charge in [0, 0.05) is 19.3 Å². The number of hydrogen-bond acceptors (Lipinski definition) is 3. The van der Waals surface area contributed by atoms with Crippen molar-refractivity contribution in [1.82, 2.24) is 20.0 Å². The fourth-order valence-electron chi connectivity index (χ4n) is 1.12. The second-order valence-corrected chi connectivity index (χ2v) is 2.78. The van der Waals surface area contributed by atoms with Crippen molar-refractivity contribution in [2.75, 3.05) is 5.32 Å². The van der Waals surface area contributed by atoms with Crippen molar-refractivity contribution in [1.29, 1.82) is 0 Å². The van der Waals surface area contributed by atoms with Gasteiger partial charge in [0.15, 0.2) is 0 Å². The van der Waals surface area contributed by atoms with Crippen LogP contribution in [0.5, 0.6) is 0 Å². The van der Waals surface area contributed by atoms with E-state index in [-0.39, 0.29) is 0 Å². The summed E-state index contributed by atoms with van der Waals surface area (Å²) in [5.41, 5.74) is 1.06. The molecule has 0 saturated carbocycles. The summed E-state index contributed by atoms with van der Waals surface area (Å²) in [6, 6.07) is 3.86. The molecule has 0 bridgehead atoms. The van der Waals surface area contributed by atoms with Gasteiger partial charge in [-0.3, -0.25) is 9.78 Å². The molecule has 68 valence electrons. The third-order valence-electron chi connectivity index (χ3n) is 1.84. The quantitative estimate of drug-likeness (QED) is 0.727. The molecular weight excluding hydrogens is 166 g/mol. The summed E-state index contributed by atoms with van der Waals surface area (Å²) in [6.07, 6.45) is 3.50. The van der Waals surface area contributed by atoms with E-state index in [4.69, 9.17) is 0 Å². The molecule has 2 aromatic heterocycles. The fourth-order valence-corrected chi connectivity index (χ4v) is 1.12. The fraction of sp³-hybridized carbons (Fsp3) is 0.250. The van der Waals surface area contributed by atoms with Crippen LogP contribution in [0.3, 0.4) is 0 Å². The molecule has 2 heterocycles. The lowest BCUT2D eigenvalue weighted by molar-refractivity contribution is 0.767. The van der Waals surface area contributed by atoms with Gasteiger partial charge >= 0.3 is 0 Å². The van der Waals surface area contributed by atoms with E-state index < -0.39 is 0 Å². The molecule has 0 radical (unpaired) electrons. The van der Waals surface area contributed by atoms with E-state index in [1.165, 1.54) is 0 Å². The number of rotatable bonds is 3. The van der Waals surface area contributed by atoms with Crippen molar-refractivity contribution in [2.45, 2.75) is 6.54 Å². The standard InChI is InChI=1S/C8H11N5/c1-13-8(3-5-11-13)9-6-7-2-4-10-12-7/h2-5,9H,6H2,1H3,(H,10,12). The summed E-state index contributed by atoms with van der Waals surface area (Å²) in [5.74, 6) is 0.995. The third-order valence-corrected chi connectivity index (χ3v) is 1.84. The maximum absolute atomic E-state index is 4.04. The number of nitrogens with one attached hydrogen (secondary N) is 2. The molecule has 0 unspecified atom stereocenters. The van der Waals surface area contributed by atoms with E-state index in [9.17, 15) is 0 Å². The van der Waals surface area contributed by atoms with Gasteiger partial charge in [-0.1, -0.05) is 0 Å². The smallest absolute Gasteiger partial charge is 0.124 e. The molecule has 5 heteroatoms. The highest BCUT2D eigenvalue weighted by Crippen LogP contribution is 2.04. The molecule has 0 fully saturated rings. The minimum Gasteiger partial charge on any atom is -0.365 e. The van der Waals surface area contributed by atoms with Gasteiger partial charge in [0.2, 0.25) is 0 Å². The Morgan fingerprint density at radius 2 is 2.38 bits per heavy atom. The molecular formula is C8H11N5. The van der Waals surface area contributed by atoms with Crippen molar-refractivity contribution in [3.63, 3.8) is 0 Å². The Morgan fingerprint density at radius 1 is 1.46 bits per heavy atom. The average molecular weight is 177 g/mol. The van der Waals surface area contributed by atoms with Crippen LogP contribution in [0.4, 0.5) is 5.82 Å². The average Bonchev–Trinajstić information content (AvgIpc) is 2.72. The molecule has 0 atom stereocenters.